The summed E-state index contributed by atoms with van der Waals surface area (Å²) < 4.78 is 28.5. The van der Waals surface area contributed by atoms with Crippen molar-refractivity contribution in [2.75, 3.05) is 19.6 Å². The Morgan fingerprint density at radius 2 is 2.04 bits per heavy atom. The highest BCUT2D eigenvalue weighted by Gasteiger charge is 2.35. The van der Waals surface area contributed by atoms with Gasteiger partial charge in [0.25, 0.3) is 0 Å². The van der Waals surface area contributed by atoms with Gasteiger partial charge in [0.1, 0.15) is 10.5 Å². The number of hydrogen-bond acceptors (Lipinski definition) is 4. The Hall–Kier alpha value is -2.22. The molecule has 1 fully saturated rings. The van der Waals surface area contributed by atoms with E-state index >= 15 is 0 Å². The predicted molar refractivity (Wildman–Crippen MR) is 101 cm³/mol. The predicted octanol–water partition coefficient (Wildman–Crippen LogP) is 2.46. The van der Waals surface area contributed by atoms with Crippen LogP contribution in [0.5, 0.6) is 0 Å². The summed E-state index contributed by atoms with van der Waals surface area (Å²) in [6.07, 6.45) is 4.16. The van der Waals surface area contributed by atoms with Crippen molar-refractivity contribution in [2.45, 2.75) is 24.3 Å². The molecule has 26 heavy (non-hydrogen) atoms. The van der Waals surface area contributed by atoms with Crippen LogP contribution in [0.25, 0.3) is 11.0 Å². The number of sulfonamides is 1. The Morgan fingerprint density at radius 1 is 1.23 bits per heavy atom. The molecule has 0 amide bonds. The average Bonchev–Trinajstić information content (AvgIpc) is 3.13. The molecule has 6 nitrogen and oxygen atoms in total. The van der Waals surface area contributed by atoms with Crippen LogP contribution in [0.2, 0.25) is 0 Å². The summed E-state index contributed by atoms with van der Waals surface area (Å²) in [6, 6.07) is 11.5. The van der Waals surface area contributed by atoms with Gasteiger partial charge >= 0.3 is 0 Å². The van der Waals surface area contributed by atoms with Gasteiger partial charge in [-0.05, 0) is 29.7 Å². The Balaban J connectivity index is 1.75. The van der Waals surface area contributed by atoms with Crippen LogP contribution in [0.1, 0.15) is 24.1 Å². The fraction of sp³-hybridized carbons (Fsp3) is 0.316. The second kappa shape index (κ2) is 6.83. The largest absolute Gasteiger partial charge is 0.345 e. The number of benzene rings is 1. The number of nitrogens with one attached hydrogen (secondary N) is 2. The lowest BCUT2D eigenvalue weighted by Crippen LogP contribution is -2.48. The van der Waals surface area contributed by atoms with Gasteiger partial charge in [-0.25, -0.2) is 13.4 Å². The number of aryl methyl sites for hydroxylation is 1. The van der Waals surface area contributed by atoms with Crippen molar-refractivity contribution in [3.63, 3.8) is 0 Å². The summed E-state index contributed by atoms with van der Waals surface area (Å²) in [6.45, 7) is 3.79. The van der Waals surface area contributed by atoms with Gasteiger partial charge in [0.15, 0.2) is 0 Å². The minimum absolute atomic E-state index is 0.221. The highest BCUT2D eigenvalue weighted by atomic mass is 32.2. The molecule has 1 unspecified atom stereocenters. The van der Waals surface area contributed by atoms with E-state index in [1.165, 1.54) is 5.56 Å². The number of aromatic nitrogens is 2. The Morgan fingerprint density at radius 3 is 2.81 bits per heavy atom. The number of fused-ring (bicyclic) bond motifs is 1. The molecule has 0 spiro atoms. The van der Waals surface area contributed by atoms with Gasteiger partial charge in [0.2, 0.25) is 10.0 Å². The number of hydrogen-bond donors (Lipinski definition) is 2. The Labute approximate surface area is 153 Å². The summed E-state index contributed by atoms with van der Waals surface area (Å²) in [4.78, 5) is 7.47. The molecule has 2 aromatic heterocycles. The van der Waals surface area contributed by atoms with Crippen molar-refractivity contribution < 1.29 is 8.42 Å². The van der Waals surface area contributed by atoms with Gasteiger partial charge in [-0.1, -0.05) is 31.2 Å². The van der Waals surface area contributed by atoms with Gasteiger partial charge in [0, 0.05) is 37.4 Å². The SMILES string of the molecule is CCc1ccc(C2CNCCN2S(=O)(=O)c2c[nH]c3ncccc23)cc1. The van der Waals surface area contributed by atoms with E-state index in [1.54, 1.807) is 28.8 Å². The summed E-state index contributed by atoms with van der Waals surface area (Å²) in [5.74, 6) is 0. The van der Waals surface area contributed by atoms with Crippen molar-refractivity contribution in [3.8, 4) is 0 Å². The van der Waals surface area contributed by atoms with E-state index in [4.69, 9.17) is 0 Å². The first-order chi connectivity index (χ1) is 12.6. The van der Waals surface area contributed by atoms with Gasteiger partial charge in [-0.2, -0.15) is 4.31 Å². The number of aromatic amines is 1. The first-order valence-corrected chi connectivity index (χ1v) is 10.3. The lowest BCUT2D eigenvalue weighted by molar-refractivity contribution is 0.271. The maximum Gasteiger partial charge on any atom is 0.245 e. The molecular weight excluding hydrogens is 348 g/mol. The molecule has 1 aromatic carbocycles. The highest BCUT2D eigenvalue weighted by molar-refractivity contribution is 7.89. The third-order valence-corrected chi connectivity index (χ3v) is 6.91. The minimum atomic E-state index is -3.64. The van der Waals surface area contributed by atoms with Gasteiger partial charge < -0.3 is 10.3 Å². The molecule has 1 aliphatic heterocycles. The molecule has 0 saturated carbocycles. The molecule has 1 aliphatic rings. The van der Waals surface area contributed by atoms with Gasteiger partial charge in [-0.15, -0.1) is 0 Å². The molecular formula is C19H22N4O2S. The first kappa shape index (κ1) is 17.2. The Bertz CT molecular complexity index is 1010. The first-order valence-electron chi connectivity index (χ1n) is 8.85. The van der Waals surface area contributed by atoms with Crippen molar-refractivity contribution >= 4 is 21.1 Å². The third-order valence-electron chi connectivity index (χ3n) is 4.97. The van der Waals surface area contributed by atoms with Crippen LogP contribution >= 0.6 is 0 Å². The zero-order valence-electron chi connectivity index (χ0n) is 14.6. The zero-order chi connectivity index (χ0) is 18.1. The molecule has 1 saturated heterocycles. The molecule has 3 aromatic rings. The van der Waals surface area contributed by atoms with E-state index in [0.717, 1.165) is 12.0 Å². The van der Waals surface area contributed by atoms with E-state index in [-0.39, 0.29) is 10.9 Å². The summed E-state index contributed by atoms with van der Waals surface area (Å²) in [5, 5.41) is 3.95. The van der Waals surface area contributed by atoms with Gasteiger partial charge in [0.05, 0.1) is 6.04 Å². The van der Waals surface area contributed by atoms with Crippen molar-refractivity contribution in [3.05, 3.63) is 59.9 Å². The summed E-state index contributed by atoms with van der Waals surface area (Å²) in [5.41, 5.74) is 2.84. The summed E-state index contributed by atoms with van der Waals surface area (Å²) in [7, 11) is -3.64. The molecule has 2 N–H and O–H groups in total. The van der Waals surface area contributed by atoms with E-state index < -0.39 is 10.0 Å². The van der Waals surface area contributed by atoms with Crippen LogP contribution in [-0.4, -0.2) is 42.3 Å². The van der Waals surface area contributed by atoms with Crippen molar-refractivity contribution in [1.82, 2.24) is 19.6 Å². The number of piperazine rings is 1. The van der Waals surface area contributed by atoms with Crippen molar-refractivity contribution in [2.24, 2.45) is 0 Å². The molecule has 0 aliphatic carbocycles. The normalized spacial score (nSPS) is 19.0. The second-order valence-electron chi connectivity index (χ2n) is 6.48. The molecule has 7 heteroatoms. The van der Waals surface area contributed by atoms with Crippen LogP contribution in [-0.2, 0) is 16.4 Å². The number of nitrogens with zero attached hydrogens (tertiary/aromatic N) is 2. The maximum atomic E-state index is 13.4. The van der Waals surface area contributed by atoms with Crippen LogP contribution < -0.4 is 5.32 Å². The van der Waals surface area contributed by atoms with Crippen LogP contribution in [0, 0.1) is 0 Å². The van der Waals surface area contributed by atoms with Crippen LogP contribution in [0.3, 0.4) is 0 Å². The van der Waals surface area contributed by atoms with E-state index in [0.29, 0.717) is 30.7 Å². The van der Waals surface area contributed by atoms with Crippen molar-refractivity contribution in [1.29, 1.82) is 0 Å². The maximum absolute atomic E-state index is 13.4. The van der Waals surface area contributed by atoms with E-state index in [2.05, 4.69) is 34.3 Å². The quantitative estimate of drug-likeness (QED) is 0.739. The van der Waals surface area contributed by atoms with E-state index in [9.17, 15) is 8.42 Å². The van der Waals surface area contributed by atoms with E-state index in [1.807, 2.05) is 12.1 Å². The molecule has 1 atom stereocenters. The Kier molecular flexibility index (Phi) is 4.52. The zero-order valence-corrected chi connectivity index (χ0v) is 15.5. The van der Waals surface area contributed by atoms with Gasteiger partial charge in [-0.3, -0.25) is 0 Å². The smallest absolute Gasteiger partial charge is 0.245 e. The summed E-state index contributed by atoms with van der Waals surface area (Å²) >= 11 is 0. The fourth-order valence-corrected chi connectivity index (χ4v) is 5.27. The number of H-pyrrole nitrogens is 1. The molecule has 4 rings (SSSR count). The fourth-order valence-electron chi connectivity index (χ4n) is 3.50. The lowest BCUT2D eigenvalue weighted by atomic mass is 10.0. The molecule has 0 radical (unpaired) electrons. The molecule has 136 valence electrons. The average molecular weight is 370 g/mol. The third kappa shape index (κ3) is 2.92. The monoisotopic (exact) mass is 370 g/mol. The second-order valence-corrected chi connectivity index (χ2v) is 8.34. The molecule has 3 heterocycles. The number of rotatable bonds is 4. The highest BCUT2D eigenvalue weighted by Crippen LogP contribution is 2.32. The standard InChI is InChI=1S/C19H22N4O2S/c1-2-14-5-7-15(8-6-14)17-12-20-10-11-23(17)26(24,25)18-13-22-19-16(18)4-3-9-21-19/h3-9,13,17,20H,2,10-12H2,1H3,(H,21,22). The number of pyridine rings is 1. The minimum Gasteiger partial charge on any atom is -0.345 e. The lowest BCUT2D eigenvalue weighted by Gasteiger charge is -2.35. The van der Waals surface area contributed by atoms with Crippen LogP contribution in [0.15, 0.2) is 53.7 Å². The topological polar surface area (TPSA) is 78.1 Å². The van der Waals surface area contributed by atoms with Crippen LogP contribution in [0.4, 0.5) is 0 Å². The molecule has 0 bridgehead atoms.